The van der Waals surface area contributed by atoms with E-state index in [0.717, 1.165) is 5.56 Å². The summed E-state index contributed by atoms with van der Waals surface area (Å²) in [7, 11) is 0. The van der Waals surface area contributed by atoms with Crippen LogP contribution >= 0.6 is 0 Å². The van der Waals surface area contributed by atoms with Gasteiger partial charge >= 0.3 is 0 Å². The van der Waals surface area contributed by atoms with Crippen LogP contribution in [0, 0.1) is 11.6 Å². The van der Waals surface area contributed by atoms with Crippen molar-refractivity contribution in [3.05, 3.63) is 71.3 Å². The molecule has 0 fully saturated rings. The maximum absolute atomic E-state index is 13.4. The Morgan fingerprint density at radius 1 is 1.06 bits per heavy atom. The Hall–Kier alpha value is -1.74. The van der Waals surface area contributed by atoms with Crippen molar-refractivity contribution in [3.8, 4) is 0 Å². The van der Waals surface area contributed by atoms with Crippen LogP contribution in [-0.4, -0.2) is 0 Å². The van der Waals surface area contributed by atoms with Crippen LogP contribution in [0.4, 0.5) is 8.78 Å². The minimum Gasteiger partial charge on any atom is -0.306 e. The first-order chi connectivity index (χ1) is 8.66. The predicted octanol–water partition coefficient (Wildman–Crippen LogP) is 3.82. The molecule has 1 nitrogen and oxygen atoms in total. The Morgan fingerprint density at radius 2 is 1.83 bits per heavy atom. The standard InChI is InChI=1S/C15H15F2N/c1-11(12-6-4-7-14(16)9-12)18-10-13-5-2-3-8-15(13)17/h2-9,11,18H,10H2,1H3/t11-/m0/s1. The molecular formula is C15H15F2N. The van der Waals surface area contributed by atoms with Crippen LogP contribution < -0.4 is 5.32 Å². The molecule has 18 heavy (non-hydrogen) atoms. The lowest BCUT2D eigenvalue weighted by Crippen LogP contribution is -2.18. The molecule has 0 saturated carbocycles. The van der Waals surface area contributed by atoms with Crippen LogP contribution in [0.25, 0.3) is 0 Å². The van der Waals surface area contributed by atoms with Crippen molar-refractivity contribution in [2.24, 2.45) is 0 Å². The van der Waals surface area contributed by atoms with Gasteiger partial charge in [-0.25, -0.2) is 8.78 Å². The second-order valence-corrected chi connectivity index (χ2v) is 4.25. The predicted molar refractivity (Wildman–Crippen MR) is 68.1 cm³/mol. The van der Waals surface area contributed by atoms with Gasteiger partial charge in [-0.2, -0.15) is 0 Å². The fraction of sp³-hybridized carbons (Fsp3) is 0.200. The van der Waals surface area contributed by atoms with Crippen molar-refractivity contribution in [3.63, 3.8) is 0 Å². The van der Waals surface area contributed by atoms with Gasteiger partial charge in [-0.3, -0.25) is 0 Å². The summed E-state index contributed by atoms with van der Waals surface area (Å²) in [4.78, 5) is 0. The average Bonchev–Trinajstić information content (AvgIpc) is 2.37. The van der Waals surface area contributed by atoms with Gasteiger partial charge in [0.1, 0.15) is 11.6 Å². The Kier molecular flexibility index (Phi) is 4.05. The highest BCUT2D eigenvalue weighted by atomic mass is 19.1. The normalized spacial score (nSPS) is 12.4. The Labute approximate surface area is 105 Å². The van der Waals surface area contributed by atoms with E-state index in [1.165, 1.54) is 18.2 Å². The van der Waals surface area contributed by atoms with Crippen molar-refractivity contribution < 1.29 is 8.78 Å². The number of hydrogen-bond acceptors (Lipinski definition) is 1. The molecule has 1 N–H and O–H groups in total. The van der Waals surface area contributed by atoms with E-state index in [1.54, 1.807) is 24.3 Å². The summed E-state index contributed by atoms with van der Waals surface area (Å²) in [6.45, 7) is 2.35. The Balaban J connectivity index is 2.00. The van der Waals surface area contributed by atoms with Crippen molar-refractivity contribution in [2.75, 3.05) is 0 Å². The number of rotatable bonds is 4. The molecule has 0 heterocycles. The molecule has 1 atom stereocenters. The fourth-order valence-electron chi connectivity index (χ4n) is 1.80. The van der Waals surface area contributed by atoms with E-state index in [4.69, 9.17) is 0 Å². The molecule has 0 aliphatic heterocycles. The second kappa shape index (κ2) is 5.74. The maximum atomic E-state index is 13.4. The molecule has 3 heteroatoms. The third-order valence-electron chi connectivity index (χ3n) is 2.91. The van der Waals surface area contributed by atoms with Gasteiger partial charge in [0.15, 0.2) is 0 Å². The van der Waals surface area contributed by atoms with Gasteiger partial charge in [-0.1, -0.05) is 30.3 Å². The quantitative estimate of drug-likeness (QED) is 0.866. The first-order valence-corrected chi connectivity index (χ1v) is 5.89. The zero-order chi connectivity index (χ0) is 13.0. The lowest BCUT2D eigenvalue weighted by atomic mass is 10.1. The summed E-state index contributed by atoms with van der Waals surface area (Å²) in [5.74, 6) is -0.483. The van der Waals surface area contributed by atoms with Crippen LogP contribution in [0.1, 0.15) is 24.1 Å². The van der Waals surface area contributed by atoms with Crippen molar-refractivity contribution >= 4 is 0 Å². The van der Waals surface area contributed by atoms with Crippen LogP contribution in [0.5, 0.6) is 0 Å². The molecule has 0 aliphatic rings. The highest BCUT2D eigenvalue weighted by molar-refractivity contribution is 5.21. The van der Waals surface area contributed by atoms with Crippen LogP contribution in [-0.2, 0) is 6.54 Å². The summed E-state index contributed by atoms with van der Waals surface area (Å²) >= 11 is 0. The zero-order valence-corrected chi connectivity index (χ0v) is 10.2. The molecule has 0 saturated heterocycles. The van der Waals surface area contributed by atoms with Crippen LogP contribution in [0.2, 0.25) is 0 Å². The number of benzene rings is 2. The zero-order valence-electron chi connectivity index (χ0n) is 10.2. The topological polar surface area (TPSA) is 12.0 Å². The Morgan fingerprint density at radius 3 is 2.56 bits per heavy atom. The van der Waals surface area contributed by atoms with Gasteiger partial charge in [-0.15, -0.1) is 0 Å². The van der Waals surface area contributed by atoms with E-state index >= 15 is 0 Å². The summed E-state index contributed by atoms with van der Waals surface area (Å²) in [5, 5.41) is 3.18. The van der Waals surface area contributed by atoms with E-state index < -0.39 is 0 Å². The molecule has 94 valence electrons. The SMILES string of the molecule is C[C@H](NCc1ccccc1F)c1cccc(F)c1. The third-order valence-corrected chi connectivity index (χ3v) is 2.91. The van der Waals surface area contributed by atoms with Gasteiger partial charge in [-0.05, 0) is 30.7 Å². The Bertz CT molecular complexity index is 525. The molecule has 0 aromatic heterocycles. The van der Waals surface area contributed by atoms with E-state index in [9.17, 15) is 8.78 Å². The smallest absolute Gasteiger partial charge is 0.127 e. The number of nitrogens with one attached hydrogen (secondary N) is 1. The van der Waals surface area contributed by atoms with Gasteiger partial charge in [0, 0.05) is 18.2 Å². The van der Waals surface area contributed by atoms with E-state index in [0.29, 0.717) is 12.1 Å². The van der Waals surface area contributed by atoms with Crippen molar-refractivity contribution in [1.82, 2.24) is 5.32 Å². The molecule has 0 bridgehead atoms. The molecule has 2 aromatic carbocycles. The average molecular weight is 247 g/mol. The minimum absolute atomic E-state index is 0.0275. The first-order valence-electron chi connectivity index (χ1n) is 5.89. The maximum Gasteiger partial charge on any atom is 0.127 e. The molecular weight excluding hydrogens is 232 g/mol. The highest BCUT2D eigenvalue weighted by Crippen LogP contribution is 2.15. The number of hydrogen-bond donors (Lipinski definition) is 1. The van der Waals surface area contributed by atoms with E-state index in [-0.39, 0.29) is 17.7 Å². The summed E-state index contributed by atoms with van der Waals surface area (Å²) in [5.41, 5.74) is 1.46. The van der Waals surface area contributed by atoms with Crippen LogP contribution in [0.3, 0.4) is 0 Å². The molecule has 0 spiro atoms. The molecule has 0 unspecified atom stereocenters. The third kappa shape index (κ3) is 3.14. The largest absolute Gasteiger partial charge is 0.306 e. The van der Waals surface area contributed by atoms with E-state index in [2.05, 4.69) is 5.32 Å². The second-order valence-electron chi connectivity index (χ2n) is 4.25. The van der Waals surface area contributed by atoms with Gasteiger partial charge in [0.2, 0.25) is 0 Å². The summed E-state index contributed by atoms with van der Waals surface area (Å²) in [6.07, 6.45) is 0. The lowest BCUT2D eigenvalue weighted by Gasteiger charge is -2.14. The van der Waals surface area contributed by atoms with Crippen molar-refractivity contribution in [2.45, 2.75) is 19.5 Å². The van der Waals surface area contributed by atoms with E-state index in [1.807, 2.05) is 13.0 Å². The highest BCUT2D eigenvalue weighted by Gasteiger charge is 2.07. The van der Waals surface area contributed by atoms with Crippen molar-refractivity contribution in [1.29, 1.82) is 0 Å². The molecule has 2 rings (SSSR count). The summed E-state index contributed by atoms with van der Waals surface area (Å²) in [6, 6.07) is 13.0. The van der Waals surface area contributed by atoms with Gasteiger partial charge < -0.3 is 5.32 Å². The van der Waals surface area contributed by atoms with Gasteiger partial charge in [0.25, 0.3) is 0 Å². The summed E-state index contributed by atoms with van der Waals surface area (Å²) < 4.78 is 26.5. The lowest BCUT2D eigenvalue weighted by molar-refractivity contribution is 0.540. The fourth-order valence-corrected chi connectivity index (χ4v) is 1.80. The molecule has 0 amide bonds. The first kappa shape index (κ1) is 12.7. The monoisotopic (exact) mass is 247 g/mol. The molecule has 0 aliphatic carbocycles. The van der Waals surface area contributed by atoms with Gasteiger partial charge in [0.05, 0.1) is 0 Å². The molecule has 0 radical (unpaired) electrons. The number of halogens is 2. The molecule has 2 aromatic rings. The minimum atomic E-state index is -0.257. The van der Waals surface area contributed by atoms with Crippen LogP contribution in [0.15, 0.2) is 48.5 Å².